The molecule has 0 aromatic heterocycles. The van der Waals surface area contributed by atoms with E-state index in [1.807, 2.05) is 6.92 Å². The highest BCUT2D eigenvalue weighted by molar-refractivity contribution is 7.89. The predicted octanol–water partition coefficient (Wildman–Crippen LogP) is 4.58. The van der Waals surface area contributed by atoms with Gasteiger partial charge in [-0.05, 0) is 81.0 Å². The van der Waals surface area contributed by atoms with Gasteiger partial charge in [-0.25, -0.2) is 12.7 Å². The molecule has 1 spiro atoms. The van der Waals surface area contributed by atoms with Crippen molar-refractivity contribution in [3.05, 3.63) is 29.3 Å². The van der Waals surface area contributed by atoms with Gasteiger partial charge in [0.05, 0.1) is 5.75 Å². The van der Waals surface area contributed by atoms with Gasteiger partial charge in [0, 0.05) is 38.0 Å². The topological polar surface area (TPSA) is 108 Å². The summed E-state index contributed by atoms with van der Waals surface area (Å²) in [6, 6.07) is 5.29. The molecule has 1 aliphatic carbocycles. The van der Waals surface area contributed by atoms with Gasteiger partial charge in [-0.1, -0.05) is 6.07 Å². The molecule has 41 heavy (non-hydrogen) atoms. The molecule has 1 saturated carbocycles. The van der Waals surface area contributed by atoms with Crippen LogP contribution in [0.4, 0.5) is 27.6 Å². The molecule has 8 nitrogen and oxygen atoms in total. The van der Waals surface area contributed by atoms with Crippen molar-refractivity contribution in [3.8, 4) is 0 Å². The second kappa shape index (κ2) is 11.6. The van der Waals surface area contributed by atoms with Crippen molar-refractivity contribution in [2.45, 2.75) is 82.9 Å². The number of rotatable bonds is 8. The van der Waals surface area contributed by atoms with Crippen LogP contribution in [0, 0.1) is 18.8 Å². The van der Waals surface area contributed by atoms with Crippen LogP contribution in [-0.2, 0) is 26.0 Å². The third-order valence-corrected chi connectivity index (χ3v) is 10.3. The minimum atomic E-state index is -5.57. The molecule has 2 fully saturated rings. The van der Waals surface area contributed by atoms with E-state index in [-0.39, 0.29) is 68.7 Å². The van der Waals surface area contributed by atoms with E-state index in [1.165, 1.54) is 11.2 Å². The van der Waals surface area contributed by atoms with Crippen molar-refractivity contribution < 1.29 is 40.0 Å². The molecule has 2 amide bonds. The summed E-state index contributed by atoms with van der Waals surface area (Å²) < 4.78 is 92.2. The number of carbonyl (C=O) groups excluding carboxylic acids is 2. The molecular formula is C27H35F5N4O4S. The maximum absolute atomic E-state index is 13.5. The first-order valence-electron chi connectivity index (χ1n) is 13.7. The lowest BCUT2D eigenvalue weighted by atomic mass is 9.79. The van der Waals surface area contributed by atoms with Gasteiger partial charge >= 0.3 is 12.1 Å². The van der Waals surface area contributed by atoms with E-state index in [0.29, 0.717) is 24.4 Å². The lowest BCUT2D eigenvalue weighted by Crippen LogP contribution is -2.51. The molecule has 2 N–H and O–H groups in total. The number of carbonyl (C=O) groups is 2. The number of benzene rings is 1. The van der Waals surface area contributed by atoms with Gasteiger partial charge in [0.15, 0.2) is 0 Å². The number of sulfonamides is 1. The number of nitrogens with zero attached hydrogens (tertiary/aromatic N) is 2. The number of aliphatic imine (C=N–C) groups is 1. The maximum atomic E-state index is 13.5. The molecular weight excluding hydrogens is 571 g/mol. The minimum Gasteiger partial charge on any atom is -0.326 e. The van der Waals surface area contributed by atoms with E-state index in [2.05, 4.69) is 15.6 Å². The summed E-state index contributed by atoms with van der Waals surface area (Å²) in [6.45, 7) is 3.48. The van der Waals surface area contributed by atoms with Crippen LogP contribution < -0.4 is 10.6 Å². The Kier molecular flexibility index (Phi) is 8.85. The van der Waals surface area contributed by atoms with E-state index in [0.717, 1.165) is 11.1 Å². The monoisotopic (exact) mass is 606 g/mol. The average molecular weight is 607 g/mol. The Morgan fingerprint density at radius 1 is 1.12 bits per heavy atom. The number of halogens is 5. The first kappa shape index (κ1) is 31.3. The standard InChI is InChI=1S/C27H35F5N4O4S/c1-17-15-22(33-18(2)37)8-7-20(17)9-14-41(39,40)36-12-10-25(11-13-36)24(38)34-23(35-25)21-5-3-19(4-6-21)16-26(28,29)27(30,31)32/h7-8,15,19,21H,3-6,9-14,16H2,1-2H3,(H,33,37)(H,34,35,38)/t19-,21-. The van der Waals surface area contributed by atoms with E-state index < -0.39 is 40.0 Å². The summed E-state index contributed by atoms with van der Waals surface area (Å²) in [6.07, 6.45) is -5.08. The highest BCUT2D eigenvalue weighted by atomic mass is 32.2. The SMILES string of the molecule is CC(=O)Nc1ccc(CCS(=O)(=O)N2CCC3(CC2)N=C([C@H]2CC[C@H](CC(F)(F)C(F)(F)F)CC2)NC3=O)c(C)c1. The van der Waals surface area contributed by atoms with Gasteiger partial charge in [-0.2, -0.15) is 22.0 Å². The third kappa shape index (κ3) is 7.07. The van der Waals surface area contributed by atoms with Crippen LogP contribution in [-0.4, -0.2) is 66.9 Å². The molecule has 0 radical (unpaired) electrons. The van der Waals surface area contributed by atoms with Crippen LogP contribution >= 0.6 is 0 Å². The molecule has 1 aromatic rings. The first-order chi connectivity index (χ1) is 19.0. The molecule has 4 rings (SSSR count). The number of hydrogen-bond donors (Lipinski definition) is 2. The number of aryl methyl sites for hydroxylation is 2. The van der Waals surface area contributed by atoms with Crippen molar-refractivity contribution in [3.63, 3.8) is 0 Å². The summed E-state index contributed by atoms with van der Waals surface area (Å²) in [7, 11) is -3.61. The fourth-order valence-corrected chi connectivity index (χ4v) is 7.43. The van der Waals surface area contributed by atoms with Crippen LogP contribution in [0.1, 0.15) is 63.0 Å². The summed E-state index contributed by atoms with van der Waals surface area (Å²) in [4.78, 5) is 28.8. The Morgan fingerprint density at radius 2 is 1.76 bits per heavy atom. The highest BCUT2D eigenvalue weighted by Gasteiger charge is 2.58. The predicted molar refractivity (Wildman–Crippen MR) is 143 cm³/mol. The van der Waals surface area contributed by atoms with Crippen molar-refractivity contribution >= 4 is 33.4 Å². The molecule has 228 valence electrons. The van der Waals surface area contributed by atoms with E-state index >= 15 is 0 Å². The summed E-state index contributed by atoms with van der Waals surface area (Å²) in [5, 5.41) is 5.47. The van der Waals surface area contributed by atoms with Crippen LogP contribution in [0.25, 0.3) is 0 Å². The molecule has 2 aliphatic heterocycles. The lowest BCUT2D eigenvalue weighted by molar-refractivity contribution is -0.288. The van der Waals surface area contributed by atoms with Crippen molar-refractivity contribution in [1.82, 2.24) is 9.62 Å². The summed E-state index contributed by atoms with van der Waals surface area (Å²) in [5.41, 5.74) is 1.24. The number of piperidine rings is 1. The van der Waals surface area contributed by atoms with Gasteiger partial charge in [-0.15, -0.1) is 0 Å². The largest absolute Gasteiger partial charge is 0.453 e. The Labute approximate surface area is 236 Å². The van der Waals surface area contributed by atoms with Crippen LogP contribution in [0.5, 0.6) is 0 Å². The van der Waals surface area contributed by atoms with Crippen molar-refractivity contribution in [1.29, 1.82) is 0 Å². The zero-order valence-electron chi connectivity index (χ0n) is 23.0. The van der Waals surface area contributed by atoms with Gasteiger partial charge in [0.2, 0.25) is 15.9 Å². The maximum Gasteiger partial charge on any atom is 0.453 e. The van der Waals surface area contributed by atoms with Crippen LogP contribution in [0.2, 0.25) is 0 Å². The third-order valence-electron chi connectivity index (χ3n) is 8.43. The average Bonchev–Trinajstić information content (AvgIpc) is 3.18. The molecule has 2 heterocycles. The molecule has 0 unspecified atom stereocenters. The highest BCUT2D eigenvalue weighted by Crippen LogP contribution is 2.44. The zero-order chi connectivity index (χ0) is 30.2. The molecule has 1 aromatic carbocycles. The molecule has 3 aliphatic rings. The fourth-order valence-electron chi connectivity index (χ4n) is 5.95. The Morgan fingerprint density at radius 3 is 2.32 bits per heavy atom. The molecule has 0 atom stereocenters. The van der Waals surface area contributed by atoms with Gasteiger partial charge in [-0.3, -0.25) is 14.6 Å². The van der Waals surface area contributed by atoms with Gasteiger partial charge in [0.1, 0.15) is 11.4 Å². The number of amidine groups is 1. The van der Waals surface area contributed by atoms with E-state index in [9.17, 15) is 40.0 Å². The van der Waals surface area contributed by atoms with Gasteiger partial charge in [0.25, 0.3) is 5.91 Å². The first-order valence-corrected chi connectivity index (χ1v) is 15.3. The Hall–Kier alpha value is -2.61. The number of amides is 2. The van der Waals surface area contributed by atoms with E-state index in [1.54, 1.807) is 18.2 Å². The number of alkyl halides is 5. The normalized spacial score (nSPS) is 23.8. The second-order valence-electron chi connectivity index (χ2n) is 11.4. The Balaban J connectivity index is 1.31. The zero-order valence-corrected chi connectivity index (χ0v) is 23.8. The smallest absolute Gasteiger partial charge is 0.326 e. The van der Waals surface area contributed by atoms with Crippen LogP contribution in [0.15, 0.2) is 23.2 Å². The number of nitrogens with one attached hydrogen (secondary N) is 2. The molecule has 1 saturated heterocycles. The van der Waals surface area contributed by atoms with Crippen molar-refractivity contribution in [2.75, 3.05) is 24.2 Å². The number of anilines is 1. The molecule has 0 bridgehead atoms. The van der Waals surface area contributed by atoms with Gasteiger partial charge < -0.3 is 10.6 Å². The van der Waals surface area contributed by atoms with Crippen LogP contribution in [0.3, 0.4) is 0 Å². The second-order valence-corrected chi connectivity index (χ2v) is 13.5. The fraction of sp³-hybridized carbons (Fsp3) is 0.667. The number of hydrogen-bond acceptors (Lipinski definition) is 5. The van der Waals surface area contributed by atoms with Crippen molar-refractivity contribution in [2.24, 2.45) is 16.8 Å². The summed E-state index contributed by atoms with van der Waals surface area (Å²) in [5.74, 6) is -5.94. The van der Waals surface area contributed by atoms with E-state index in [4.69, 9.17) is 0 Å². The lowest BCUT2D eigenvalue weighted by Gasteiger charge is -2.34. The quantitative estimate of drug-likeness (QED) is 0.423. The Bertz CT molecular complexity index is 1300. The minimum absolute atomic E-state index is 0.113. The molecule has 14 heteroatoms. The summed E-state index contributed by atoms with van der Waals surface area (Å²) >= 11 is 0.